The largest absolute Gasteiger partial charge is 0.354 e. The highest BCUT2D eigenvalue weighted by Gasteiger charge is 2.17. The molecule has 144 valence electrons. The fourth-order valence-electron chi connectivity index (χ4n) is 3.58. The summed E-state index contributed by atoms with van der Waals surface area (Å²) in [6.07, 6.45) is 9.08. The van der Waals surface area contributed by atoms with Crippen molar-refractivity contribution in [1.82, 2.24) is 15.3 Å². The predicted octanol–water partition coefficient (Wildman–Crippen LogP) is 4.28. The van der Waals surface area contributed by atoms with Crippen molar-refractivity contribution >= 4 is 11.9 Å². The highest BCUT2D eigenvalue weighted by Crippen LogP contribution is 2.17. The van der Waals surface area contributed by atoms with Crippen LogP contribution in [0.3, 0.4) is 0 Å². The van der Waals surface area contributed by atoms with Gasteiger partial charge in [-0.05, 0) is 44.2 Å². The van der Waals surface area contributed by atoms with E-state index < -0.39 is 0 Å². The molecule has 0 spiro atoms. The van der Waals surface area contributed by atoms with Gasteiger partial charge in [-0.2, -0.15) is 0 Å². The van der Waals surface area contributed by atoms with Crippen LogP contribution in [0.25, 0.3) is 0 Å². The molecule has 1 amide bonds. The first-order valence-electron chi connectivity index (χ1n) is 10.1. The molecule has 2 aromatic rings. The van der Waals surface area contributed by atoms with E-state index in [1.54, 1.807) is 6.07 Å². The summed E-state index contributed by atoms with van der Waals surface area (Å²) in [5.41, 5.74) is 2.59. The first kappa shape index (κ1) is 19.3. The lowest BCUT2D eigenvalue weighted by atomic mass is 10.1. The van der Waals surface area contributed by atoms with Crippen LogP contribution in [0.5, 0.6) is 0 Å². The zero-order valence-electron chi connectivity index (χ0n) is 16.2. The third kappa shape index (κ3) is 6.35. The summed E-state index contributed by atoms with van der Waals surface area (Å²) in [5.74, 6) is 0.453. The van der Waals surface area contributed by atoms with E-state index in [-0.39, 0.29) is 11.9 Å². The van der Waals surface area contributed by atoms with E-state index in [9.17, 15) is 4.79 Å². The van der Waals surface area contributed by atoms with Gasteiger partial charge in [0.1, 0.15) is 5.69 Å². The van der Waals surface area contributed by atoms with Gasteiger partial charge < -0.3 is 10.6 Å². The maximum Gasteiger partial charge on any atom is 0.270 e. The maximum absolute atomic E-state index is 12.6. The van der Waals surface area contributed by atoms with E-state index >= 15 is 0 Å². The average Bonchev–Trinajstić information content (AvgIpc) is 2.94. The molecule has 0 saturated heterocycles. The molecule has 1 saturated carbocycles. The van der Waals surface area contributed by atoms with E-state index in [1.165, 1.54) is 31.2 Å². The Morgan fingerprint density at radius 2 is 1.81 bits per heavy atom. The van der Waals surface area contributed by atoms with Gasteiger partial charge in [0.15, 0.2) is 0 Å². The Kier molecular flexibility index (Phi) is 7.19. The lowest BCUT2D eigenvalue weighted by Gasteiger charge is -2.16. The third-order valence-electron chi connectivity index (χ3n) is 5.05. The third-order valence-corrected chi connectivity index (χ3v) is 5.05. The first-order valence-corrected chi connectivity index (χ1v) is 10.1. The van der Waals surface area contributed by atoms with Gasteiger partial charge in [-0.3, -0.25) is 4.79 Å². The topological polar surface area (TPSA) is 66.9 Å². The molecule has 1 aliphatic rings. The van der Waals surface area contributed by atoms with Crippen molar-refractivity contribution in [3.8, 4) is 0 Å². The number of hydrogen-bond acceptors (Lipinski definition) is 4. The number of carbonyl (C=O) groups excluding carboxylic acids is 1. The van der Waals surface area contributed by atoms with E-state index in [0.717, 1.165) is 37.9 Å². The predicted molar refractivity (Wildman–Crippen MR) is 109 cm³/mol. The number of aryl methyl sites for hydroxylation is 2. The van der Waals surface area contributed by atoms with Crippen LogP contribution in [0.4, 0.5) is 5.95 Å². The summed E-state index contributed by atoms with van der Waals surface area (Å²) in [4.78, 5) is 21.5. The Labute approximate surface area is 162 Å². The van der Waals surface area contributed by atoms with E-state index in [2.05, 4.69) is 44.9 Å². The van der Waals surface area contributed by atoms with Gasteiger partial charge in [0.25, 0.3) is 5.91 Å². The van der Waals surface area contributed by atoms with Crippen molar-refractivity contribution in [2.75, 3.05) is 11.9 Å². The Hall–Kier alpha value is -2.43. The fraction of sp³-hybridized carbons (Fsp3) is 0.500. The summed E-state index contributed by atoms with van der Waals surface area (Å²) in [6, 6.07) is 12.5. The number of carbonyl (C=O) groups is 1. The molecule has 27 heavy (non-hydrogen) atoms. The molecule has 0 bridgehead atoms. The van der Waals surface area contributed by atoms with E-state index in [1.807, 2.05) is 13.0 Å². The zero-order chi connectivity index (χ0) is 18.9. The Bertz CT molecular complexity index is 724. The van der Waals surface area contributed by atoms with Gasteiger partial charge in [0, 0.05) is 18.3 Å². The van der Waals surface area contributed by atoms with E-state index in [4.69, 9.17) is 0 Å². The lowest BCUT2D eigenvalue weighted by molar-refractivity contribution is 0.0928. The summed E-state index contributed by atoms with van der Waals surface area (Å²) >= 11 is 0. The maximum atomic E-state index is 12.6. The average molecular weight is 367 g/mol. The summed E-state index contributed by atoms with van der Waals surface area (Å²) in [7, 11) is 0. The van der Waals surface area contributed by atoms with Crippen LogP contribution in [0.15, 0.2) is 36.4 Å². The Morgan fingerprint density at radius 1 is 1.07 bits per heavy atom. The van der Waals surface area contributed by atoms with Crippen molar-refractivity contribution in [2.24, 2.45) is 0 Å². The van der Waals surface area contributed by atoms with Crippen LogP contribution in [-0.2, 0) is 6.42 Å². The minimum atomic E-state index is -0.0836. The number of nitrogens with one attached hydrogen (secondary N) is 2. The molecule has 1 aromatic heterocycles. The highest BCUT2D eigenvalue weighted by atomic mass is 16.1. The van der Waals surface area contributed by atoms with Gasteiger partial charge in [-0.15, -0.1) is 0 Å². The van der Waals surface area contributed by atoms with E-state index in [0.29, 0.717) is 11.6 Å². The normalized spacial score (nSPS) is 15.1. The van der Waals surface area contributed by atoms with Gasteiger partial charge in [-0.1, -0.05) is 56.0 Å². The summed E-state index contributed by atoms with van der Waals surface area (Å²) < 4.78 is 0. The van der Waals surface area contributed by atoms with Crippen molar-refractivity contribution in [2.45, 2.75) is 64.3 Å². The molecule has 0 unspecified atom stereocenters. The molecule has 1 fully saturated rings. The van der Waals surface area contributed by atoms with Gasteiger partial charge >= 0.3 is 0 Å². The Balaban J connectivity index is 1.52. The van der Waals surface area contributed by atoms with Crippen molar-refractivity contribution in [3.05, 3.63) is 53.3 Å². The molecular weight excluding hydrogens is 336 g/mol. The standard InChI is InChI=1S/C22H30N4O/c1-17-16-20(21(27)25-19-13-7-2-3-8-14-19)26-22(24-17)23-15-9-12-18-10-5-4-6-11-18/h4-6,10-11,16,19H,2-3,7-9,12-15H2,1H3,(H,25,27)(H,23,24,26). The van der Waals surface area contributed by atoms with Crippen LogP contribution < -0.4 is 10.6 Å². The van der Waals surface area contributed by atoms with Crippen LogP contribution in [0, 0.1) is 6.92 Å². The molecule has 1 aliphatic carbocycles. The van der Waals surface area contributed by atoms with Crippen LogP contribution in [-0.4, -0.2) is 28.5 Å². The number of aromatic nitrogens is 2. The molecule has 5 heteroatoms. The van der Waals surface area contributed by atoms with Gasteiger partial charge in [0.2, 0.25) is 5.95 Å². The molecule has 1 heterocycles. The second-order valence-corrected chi connectivity index (χ2v) is 7.40. The molecule has 0 aliphatic heterocycles. The smallest absolute Gasteiger partial charge is 0.270 e. The molecular formula is C22H30N4O. The number of amides is 1. The molecule has 0 atom stereocenters. The molecule has 0 radical (unpaired) electrons. The number of nitrogens with zero attached hydrogens (tertiary/aromatic N) is 2. The quantitative estimate of drug-likeness (QED) is 0.567. The molecule has 1 aromatic carbocycles. The second-order valence-electron chi connectivity index (χ2n) is 7.40. The monoisotopic (exact) mass is 366 g/mol. The zero-order valence-corrected chi connectivity index (χ0v) is 16.2. The fourth-order valence-corrected chi connectivity index (χ4v) is 3.58. The van der Waals surface area contributed by atoms with Crippen molar-refractivity contribution < 1.29 is 4.79 Å². The van der Waals surface area contributed by atoms with Crippen LogP contribution in [0.1, 0.15) is 66.7 Å². The van der Waals surface area contributed by atoms with Gasteiger partial charge in [-0.25, -0.2) is 9.97 Å². The van der Waals surface area contributed by atoms with Gasteiger partial charge in [0.05, 0.1) is 0 Å². The minimum absolute atomic E-state index is 0.0836. The second kappa shape index (κ2) is 10.0. The van der Waals surface area contributed by atoms with Crippen LogP contribution in [0.2, 0.25) is 0 Å². The highest BCUT2D eigenvalue weighted by molar-refractivity contribution is 5.92. The van der Waals surface area contributed by atoms with Crippen molar-refractivity contribution in [3.63, 3.8) is 0 Å². The summed E-state index contributed by atoms with van der Waals surface area (Å²) in [6.45, 7) is 2.68. The lowest BCUT2D eigenvalue weighted by Crippen LogP contribution is -2.35. The van der Waals surface area contributed by atoms with Crippen molar-refractivity contribution in [1.29, 1.82) is 0 Å². The Morgan fingerprint density at radius 3 is 2.56 bits per heavy atom. The number of benzene rings is 1. The number of rotatable bonds is 7. The molecule has 5 nitrogen and oxygen atoms in total. The van der Waals surface area contributed by atoms with Crippen LogP contribution >= 0.6 is 0 Å². The molecule has 2 N–H and O–H groups in total. The summed E-state index contributed by atoms with van der Waals surface area (Å²) in [5, 5.41) is 6.42. The first-order chi connectivity index (χ1) is 13.2. The number of hydrogen-bond donors (Lipinski definition) is 2. The SMILES string of the molecule is Cc1cc(C(=O)NC2CCCCCC2)nc(NCCCc2ccccc2)n1. The minimum Gasteiger partial charge on any atom is -0.354 e. The number of anilines is 1. The molecule has 3 rings (SSSR count).